The van der Waals surface area contributed by atoms with E-state index in [1.165, 1.54) is 5.56 Å². The van der Waals surface area contributed by atoms with Crippen LogP contribution in [0.25, 0.3) is 0 Å². The summed E-state index contributed by atoms with van der Waals surface area (Å²) in [5, 5.41) is 3.09. The average Bonchev–Trinajstić information content (AvgIpc) is 2.46. The number of hydrogen-bond acceptors (Lipinski definition) is 2. The second-order valence-electron chi connectivity index (χ2n) is 4.75. The lowest BCUT2D eigenvalue weighted by Crippen LogP contribution is -2.22. The Labute approximate surface area is 142 Å². The Bertz CT molecular complexity index is 593. The summed E-state index contributed by atoms with van der Waals surface area (Å²) in [6.45, 7) is 4.67. The Hall–Kier alpha value is -1.63. The van der Waals surface area contributed by atoms with Gasteiger partial charge in [-0.15, -0.1) is 24.0 Å². The van der Waals surface area contributed by atoms with Crippen molar-refractivity contribution in [2.45, 2.75) is 26.8 Å². The predicted molar refractivity (Wildman–Crippen MR) is 99.2 cm³/mol. The molecule has 2 aromatic rings. The first-order chi connectivity index (χ1) is 9.67. The Morgan fingerprint density at radius 2 is 1.90 bits per heavy atom. The molecule has 2 rings (SSSR count). The maximum absolute atomic E-state index is 5.88. The van der Waals surface area contributed by atoms with Crippen LogP contribution in [0, 0.1) is 6.92 Å². The number of anilines is 1. The molecule has 0 radical (unpaired) electrons. The van der Waals surface area contributed by atoms with Crippen molar-refractivity contribution < 1.29 is 0 Å². The molecule has 0 aliphatic rings. The Balaban J connectivity index is 0.00000220. The summed E-state index contributed by atoms with van der Waals surface area (Å²) in [5.41, 5.74) is 10.3. The van der Waals surface area contributed by atoms with Gasteiger partial charge in [-0.05, 0) is 42.2 Å². The van der Waals surface area contributed by atoms with Crippen molar-refractivity contribution in [2.75, 3.05) is 5.32 Å². The molecule has 5 heteroatoms. The lowest BCUT2D eigenvalue weighted by molar-refractivity contribution is 1.03. The molecule has 112 valence electrons. The molecule has 0 aliphatic heterocycles. The van der Waals surface area contributed by atoms with Gasteiger partial charge in [0.2, 0.25) is 0 Å². The number of nitrogens with zero attached hydrogens (tertiary/aromatic N) is 2. The van der Waals surface area contributed by atoms with Crippen LogP contribution in [-0.4, -0.2) is 10.9 Å². The number of pyridine rings is 1. The van der Waals surface area contributed by atoms with E-state index >= 15 is 0 Å². The topological polar surface area (TPSA) is 63.3 Å². The summed E-state index contributed by atoms with van der Waals surface area (Å²) in [7, 11) is 0. The van der Waals surface area contributed by atoms with Crippen LogP contribution < -0.4 is 11.1 Å². The van der Waals surface area contributed by atoms with Crippen LogP contribution in [0.2, 0.25) is 0 Å². The smallest absolute Gasteiger partial charge is 0.193 e. The number of halogens is 1. The van der Waals surface area contributed by atoms with Gasteiger partial charge in [0, 0.05) is 18.1 Å². The normalized spacial score (nSPS) is 10.9. The molecule has 0 spiro atoms. The number of rotatable bonds is 4. The van der Waals surface area contributed by atoms with E-state index in [1.807, 2.05) is 25.3 Å². The molecule has 0 aliphatic carbocycles. The van der Waals surface area contributed by atoms with Crippen molar-refractivity contribution in [2.24, 2.45) is 10.7 Å². The SMILES string of the molecule is CCc1ccc(NC(N)=NCc2cncc(C)c2)cc1.I. The summed E-state index contributed by atoms with van der Waals surface area (Å²) in [5.74, 6) is 0.413. The summed E-state index contributed by atoms with van der Waals surface area (Å²) >= 11 is 0. The third kappa shape index (κ3) is 5.71. The molecular weight excluding hydrogens is 375 g/mol. The van der Waals surface area contributed by atoms with Crippen molar-refractivity contribution in [3.05, 3.63) is 59.4 Å². The van der Waals surface area contributed by atoms with E-state index in [0.29, 0.717) is 12.5 Å². The van der Waals surface area contributed by atoms with Gasteiger partial charge in [-0.3, -0.25) is 4.98 Å². The monoisotopic (exact) mass is 396 g/mol. The molecule has 0 saturated carbocycles. The largest absolute Gasteiger partial charge is 0.370 e. The zero-order valence-corrected chi connectivity index (χ0v) is 14.7. The highest BCUT2D eigenvalue weighted by atomic mass is 127. The van der Waals surface area contributed by atoms with Crippen LogP contribution in [0.4, 0.5) is 5.69 Å². The van der Waals surface area contributed by atoms with Gasteiger partial charge in [0.1, 0.15) is 0 Å². The molecular formula is C16H21IN4. The number of benzene rings is 1. The average molecular weight is 396 g/mol. The van der Waals surface area contributed by atoms with Crippen LogP contribution in [0.5, 0.6) is 0 Å². The van der Waals surface area contributed by atoms with Crippen molar-refractivity contribution in [3.8, 4) is 0 Å². The van der Waals surface area contributed by atoms with Crippen LogP contribution in [-0.2, 0) is 13.0 Å². The maximum Gasteiger partial charge on any atom is 0.193 e. The zero-order valence-electron chi connectivity index (χ0n) is 12.3. The maximum atomic E-state index is 5.88. The first kappa shape index (κ1) is 17.4. The highest BCUT2D eigenvalue weighted by molar-refractivity contribution is 14.0. The van der Waals surface area contributed by atoms with Gasteiger partial charge >= 0.3 is 0 Å². The molecule has 3 N–H and O–H groups in total. The van der Waals surface area contributed by atoms with Crippen molar-refractivity contribution in [1.29, 1.82) is 0 Å². The predicted octanol–water partition coefficient (Wildman–Crippen LogP) is 3.50. The Kier molecular flexibility index (Phi) is 7.14. The van der Waals surface area contributed by atoms with Gasteiger partial charge in [-0.25, -0.2) is 4.99 Å². The number of aryl methyl sites for hydroxylation is 2. The number of nitrogens with two attached hydrogens (primary N) is 1. The molecule has 0 unspecified atom stereocenters. The molecule has 1 aromatic carbocycles. The second-order valence-corrected chi connectivity index (χ2v) is 4.75. The van der Waals surface area contributed by atoms with Crippen LogP contribution in [0.3, 0.4) is 0 Å². The van der Waals surface area contributed by atoms with Crippen molar-refractivity contribution >= 4 is 35.6 Å². The molecule has 0 atom stereocenters. The highest BCUT2D eigenvalue weighted by Crippen LogP contribution is 2.09. The highest BCUT2D eigenvalue weighted by Gasteiger charge is 1.97. The van der Waals surface area contributed by atoms with E-state index in [2.05, 4.69) is 40.4 Å². The number of guanidine groups is 1. The molecule has 21 heavy (non-hydrogen) atoms. The number of hydrogen-bond donors (Lipinski definition) is 2. The second kappa shape index (κ2) is 8.61. The van der Waals surface area contributed by atoms with E-state index in [9.17, 15) is 0 Å². The summed E-state index contributed by atoms with van der Waals surface area (Å²) in [6.07, 6.45) is 4.66. The number of nitrogens with one attached hydrogen (secondary N) is 1. The molecule has 1 heterocycles. The fraction of sp³-hybridized carbons (Fsp3) is 0.250. The van der Waals surface area contributed by atoms with Gasteiger partial charge in [0.15, 0.2) is 5.96 Å². The Morgan fingerprint density at radius 3 is 2.52 bits per heavy atom. The fourth-order valence-electron chi connectivity index (χ4n) is 1.89. The third-order valence-corrected chi connectivity index (χ3v) is 3.00. The van der Waals surface area contributed by atoms with Crippen LogP contribution >= 0.6 is 24.0 Å². The Morgan fingerprint density at radius 1 is 1.19 bits per heavy atom. The molecule has 4 nitrogen and oxygen atoms in total. The summed E-state index contributed by atoms with van der Waals surface area (Å²) < 4.78 is 0. The molecule has 0 bridgehead atoms. The van der Waals surface area contributed by atoms with Gasteiger partial charge in [-0.2, -0.15) is 0 Å². The molecule has 1 aromatic heterocycles. The quantitative estimate of drug-likeness (QED) is 0.473. The zero-order chi connectivity index (χ0) is 14.4. The van der Waals surface area contributed by atoms with Crippen molar-refractivity contribution in [3.63, 3.8) is 0 Å². The summed E-state index contributed by atoms with van der Waals surface area (Å²) in [6, 6.07) is 10.2. The van der Waals surface area contributed by atoms with E-state index in [4.69, 9.17) is 5.73 Å². The van der Waals surface area contributed by atoms with E-state index in [-0.39, 0.29) is 24.0 Å². The minimum atomic E-state index is 0. The van der Waals surface area contributed by atoms with Gasteiger partial charge in [0.05, 0.1) is 6.54 Å². The van der Waals surface area contributed by atoms with Crippen LogP contribution in [0.15, 0.2) is 47.7 Å². The van der Waals surface area contributed by atoms with E-state index in [1.54, 1.807) is 6.20 Å². The third-order valence-electron chi connectivity index (χ3n) is 3.00. The van der Waals surface area contributed by atoms with Gasteiger partial charge < -0.3 is 11.1 Å². The minimum Gasteiger partial charge on any atom is -0.370 e. The standard InChI is InChI=1S/C16H20N4.HI/c1-3-13-4-6-15(7-5-13)20-16(17)19-11-14-8-12(2)9-18-10-14;/h4-10H,3,11H2,1-2H3,(H3,17,19,20);1H. The van der Waals surface area contributed by atoms with Gasteiger partial charge in [0.25, 0.3) is 0 Å². The van der Waals surface area contributed by atoms with Crippen molar-refractivity contribution in [1.82, 2.24) is 4.98 Å². The minimum absolute atomic E-state index is 0. The molecule has 0 saturated heterocycles. The molecule has 0 fully saturated rings. The van der Waals surface area contributed by atoms with Gasteiger partial charge in [-0.1, -0.05) is 25.1 Å². The first-order valence-corrected chi connectivity index (χ1v) is 6.74. The lowest BCUT2D eigenvalue weighted by atomic mass is 10.1. The van der Waals surface area contributed by atoms with Crippen LogP contribution in [0.1, 0.15) is 23.6 Å². The first-order valence-electron chi connectivity index (χ1n) is 6.74. The lowest BCUT2D eigenvalue weighted by Gasteiger charge is -2.06. The number of aromatic nitrogens is 1. The molecule has 0 amide bonds. The van der Waals surface area contributed by atoms with E-state index < -0.39 is 0 Å². The summed E-state index contributed by atoms with van der Waals surface area (Å²) in [4.78, 5) is 8.45. The van der Waals surface area contributed by atoms with E-state index in [0.717, 1.165) is 23.2 Å². The number of aliphatic imine (C=N–C) groups is 1. The fourth-order valence-corrected chi connectivity index (χ4v) is 1.89.